The molecule has 1 aliphatic carbocycles. The number of alkyl halides is 2. The summed E-state index contributed by atoms with van der Waals surface area (Å²) in [4.78, 5) is 16.6. The summed E-state index contributed by atoms with van der Waals surface area (Å²) in [7, 11) is 0. The highest BCUT2D eigenvalue weighted by atomic mass is 79.9. The Kier molecular flexibility index (Phi) is 4.61. The molecule has 1 unspecified atom stereocenters. The maximum atomic E-state index is 13.0. The monoisotopic (exact) mass is 449 g/mol. The molecule has 3 aromatic rings. The molecule has 8 heteroatoms. The van der Waals surface area contributed by atoms with E-state index in [4.69, 9.17) is 9.72 Å². The molecule has 0 bridgehead atoms. The summed E-state index contributed by atoms with van der Waals surface area (Å²) in [6.07, 6.45) is 2.38. The molecule has 5 nitrogen and oxygen atoms in total. The Balaban J connectivity index is 1.93. The maximum Gasteiger partial charge on any atom is 0.387 e. The third-order valence-electron chi connectivity index (χ3n) is 5.05. The fourth-order valence-electron chi connectivity index (χ4n) is 4.11. The molecule has 1 amide bonds. The predicted molar refractivity (Wildman–Crippen MR) is 104 cm³/mol. The second-order valence-electron chi connectivity index (χ2n) is 7.11. The van der Waals surface area contributed by atoms with E-state index < -0.39 is 12.2 Å². The van der Waals surface area contributed by atoms with Gasteiger partial charge in [0.1, 0.15) is 11.4 Å². The van der Waals surface area contributed by atoms with Crippen LogP contribution in [0.1, 0.15) is 43.1 Å². The van der Waals surface area contributed by atoms with Crippen molar-refractivity contribution in [3.05, 3.63) is 64.0 Å². The number of halogens is 3. The van der Waals surface area contributed by atoms with Crippen LogP contribution in [0.5, 0.6) is 5.75 Å². The standard InChI is InChI=1S/C20H18BrF2N3O2/c1-11(27)25-20(2)9-14(13-5-3-4-6-15(13)28-19(22)23)17-18(20)24-16-8-7-12(21)10-26(16)17/h3-8,10,14,19H,9H2,1-2H3,(H,25,27)/t14-,20?/m1/s1. The van der Waals surface area contributed by atoms with Gasteiger partial charge in [-0.15, -0.1) is 0 Å². The number of nitrogens with zero attached hydrogens (tertiary/aromatic N) is 2. The zero-order valence-corrected chi connectivity index (χ0v) is 16.8. The second-order valence-corrected chi connectivity index (χ2v) is 8.02. The van der Waals surface area contributed by atoms with Crippen LogP contribution < -0.4 is 10.1 Å². The van der Waals surface area contributed by atoms with E-state index in [2.05, 4.69) is 21.2 Å². The molecule has 4 rings (SSSR count). The van der Waals surface area contributed by atoms with Crippen molar-refractivity contribution < 1.29 is 18.3 Å². The van der Waals surface area contributed by atoms with Gasteiger partial charge in [0.15, 0.2) is 0 Å². The first kappa shape index (κ1) is 18.9. The summed E-state index contributed by atoms with van der Waals surface area (Å²) < 4.78 is 33.5. The molecule has 146 valence electrons. The lowest BCUT2D eigenvalue weighted by Gasteiger charge is -2.26. The quantitative estimate of drug-likeness (QED) is 0.633. The van der Waals surface area contributed by atoms with E-state index in [1.807, 2.05) is 29.7 Å². The zero-order chi connectivity index (χ0) is 20.1. The van der Waals surface area contributed by atoms with Crippen LogP contribution in [0, 0.1) is 0 Å². The molecule has 2 heterocycles. The van der Waals surface area contributed by atoms with Gasteiger partial charge in [-0.3, -0.25) is 4.79 Å². The number of amides is 1. The number of aromatic nitrogens is 2. The Bertz CT molecular complexity index is 1070. The Labute approximate surface area is 168 Å². The van der Waals surface area contributed by atoms with Crippen molar-refractivity contribution in [1.82, 2.24) is 14.7 Å². The van der Waals surface area contributed by atoms with Gasteiger partial charge in [0, 0.05) is 29.1 Å². The molecule has 0 radical (unpaired) electrons. The smallest absolute Gasteiger partial charge is 0.387 e. The Morgan fingerprint density at radius 1 is 1.36 bits per heavy atom. The molecule has 1 aliphatic rings. The minimum Gasteiger partial charge on any atom is -0.435 e. The summed E-state index contributed by atoms with van der Waals surface area (Å²) in [6, 6.07) is 10.5. The number of imidazole rings is 1. The molecule has 1 aromatic carbocycles. The summed E-state index contributed by atoms with van der Waals surface area (Å²) in [6.45, 7) is 0.448. The average Bonchev–Trinajstić information content (AvgIpc) is 3.10. The van der Waals surface area contributed by atoms with Crippen molar-refractivity contribution in [1.29, 1.82) is 0 Å². The number of fused-ring (bicyclic) bond motifs is 3. The van der Waals surface area contributed by atoms with Gasteiger partial charge in [0.05, 0.1) is 16.9 Å². The summed E-state index contributed by atoms with van der Waals surface area (Å²) in [5.74, 6) is -0.318. The van der Waals surface area contributed by atoms with Crippen molar-refractivity contribution in [2.75, 3.05) is 0 Å². The number of ether oxygens (including phenoxy) is 1. The summed E-state index contributed by atoms with van der Waals surface area (Å²) in [5, 5.41) is 2.99. The van der Waals surface area contributed by atoms with E-state index in [1.54, 1.807) is 18.2 Å². The average molecular weight is 450 g/mol. The minimum absolute atomic E-state index is 0.130. The van der Waals surface area contributed by atoms with Gasteiger partial charge >= 0.3 is 6.61 Å². The van der Waals surface area contributed by atoms with E-state index >= 15 is 0 Å². The lowest BCUT2D eigenvalue weighted by molar-refractivity contribution is -0.120. The molecule has 0 saturated carbocycles. The van der Waals surface area contributed by atoms with E-state index in [-0.39, 0.29) is 17.6 Å². The molecule has 0 fully saturated rings. The van der Waals surface area contributed by atoms with Crippen molar-refractivity contribution >= 4 is 27.5 Å². The number of carbonyl (C=O) groups excluding carboxylic acids is 1. The Morgan fingerprint density at radius 3 is 2.82 bits per heavy atom. The van der Waals surface area contributed by atoms with E-state index in [0.717, 1.165) is 21.5 Å². The molecule has 2 atom stereocenters. The van der Waals surface area contributed by atoms with Gasteiger partial charge in [0.25, 0.3) is 0 Å². The first-order valence-corrected chi connectivity index (χ1v) is 9.58. The summed E-state index contributed by atoms with van der Waals surface area (Å²) in [5.41, 5.74) is 2.24. The molecule has 2 aromatic heterocycles. The predicted octanol–water partition coefficient (Wildman–Crippen LogP) is 4.59. The van der Waals surface area contributed by atoms with Gasteiger partial charge in [0.2, 0.25) is 5.91 Å². The lowest BCUT2D eigenvalue weighted by Crippen LogP contribution is -2.41. The minimum atomic E-state index is -2.92. The van der Waals surface area contributed by atoms with E-state index in [9.17, 15) is 13.6 Å². The number of pyridine rings is 1. The van der Waals surface area contributed by atoms with E-state index in [0.29, 0.717) is 12.0 Å². The van der Waals surface area contributed by atoms with Crippen LogP contribution >= 0.6 is 15.9 Å². The largest absolute Gasteiger partial charge is 0.435 e. The number of benzene rings is 1. The first-order valence-electron chi connectivity index (χ1n) is 8.79. The number of para-hydroxylation sites is 1. The SMILES string of the molecule is CC(=O)NC1(C)C[C@H](c2ccccc2OC(F)F)c2c1nc1ccc(Br)cn21. The molecule has 0 aliphatic heterocycles. The highest BCUT2D eigenvalue weighted by molar-refractivity contribution is 9.10. The van der Waals surface area contributed by atoms with Crippen LogP contribution in [-0.2, 0) is 10.3 Å². The third-order valence-corrected chi connectivity index (χ3v) is 5.52. The number of hydrogen-bond donors (Lipinski definition) is 1. The fraction of sp³-hybridized carbons (Fsp3) is 0.300. The van der Waals surface area contributed by atoms with Gasteiger partial charge in [-0.2, -0.15) is 8.78 Å². The number of carbonyl (C=O) groups is 1. The van der Waals surface area contributed by atoms with Gasteiger partial charge < -0.3 is 14.5 Å². The van der Waals surface area contributed by atoms with Crippen molar-refractivity contribution in [2.45, 2.75) is 38.3 Å². The number of nitrogens with one attached hydrogen (secondary N) is 1. The highest BCUT2D eigenvalue weighted by Gasteiger charge is 2.46. The fourth-order valence-corrected chi connectivity index (χ4v) is 4.44. The van der Waals surface area contributed by atoms with Crippen LogP contribution in [0.4, 0.5) is 8.78 Å². The van der Waals surface area contributed by atoms with E-state index in [1.165, 1.54) is 13.0 Å². The third kappa shape index (κ3) is 3.15. The van der Waals surface area contributed by atoms with Crippen molar-refractivity contribution in [3.8, 4) is 5.75 Å². The number of rotatable bonds is 4. The molecule has 28 heavy (non-hydrogen) atoms. The zero-order valence-electron chi connectivity index (χ0n) is 15.2. The molecule has 0 saturated heterocycles. The highest BCUT2D eigenvalue weighted by Crippen LogP contribution is 2.49. The normalized spacial score (nSPS) is 21.1. The van der Waals surface area contributed by atoms with Crippen LogP contribution in [0.2, 0.25) is 0 Å². The lowest BCUT2D eigenvalue weighted by atomic mass is 9.91. The van der Waals surface area contributed by atoms with Gasteiger partial charge in [-0.1, -0.05) is 18.2 Å². The van der Waals surface area contributed by atoms with Crippen LogP contribution in [0.25, 0.3) is 5.65 Å². The topological polar surface area (TPSA) is 55.6 Å². The van der Waals surface area contributed by atoms with Gasteiger partial charge in [-0.25, -0.2) is 4.98 Å². The Morgan fingerprint density at radius 2 is 2.11 bits per heavy atom. The second kappa shape index (κ2) is 6.84. The van der Waals surface area contributed by atoms with Crippen LogP contribution in [0.3, 0.4) is 0 Å². The molecular weight excluding hydrogens is 432 g/mol. The van der Waals surface area contributed by atoms with Gasteiger partial charge in [-0.05, 0) is 47.5 Å². The van der Waals surface area contributed by atoms with Crippen LogP contribution in [-0.4, -0.2) is 21.9 Å². The molecular formula is C20H18BrF2N3O2. The first-order chi connectivity index (χ1) is 13.3. The Hall–Kier alpha value is -2.48. The summed E-state index contributed by atoms with van der Waals surface area (Å²) >= 11 is 3.48. The van der Waals surface area contributed by atoms with Crippen molar-refractivity contribution in [3.63, 3.8) is 0 Å². The van der Waals surface area contributed by atoms with Crippen LogP contribution in [0.15, 0.2) is 47.1 Å². The number of hydrogen-bond acceptors (Lipinski definition) is 3. The van der Waals surface area contributed by atoms with Crippen molar-refractivity contribution in [2.24, 2.45) is 0 Å². The molecule has 0 spiro atoms. The molecule has 1 N–H and O–H groups in total. The maximum absolute atomic E-state index is 13.0.